The van der Waals surface area contributed by atoms with E-state index in [1.807, 2.05) is 0 Å². The largest absolute Gasteiger partial charge is 0.496 e. The van der Waals surface area contributed by atoms with Gasteiger partial charge in [-0.2, -0.15) is 0 Å². The SMILES string of the molecule is COc1ccc([N+](=O)[O-])cc1CNC(=O)CC(C)N.Cl. The molecule has 0 heterocycles. The molecule has 1 aromatic carbocycles. The number of hydrogen-bond acceptors (Lipinski definition) is 5. The topological polar surface area (TPSA) is 107 Å². The summed E-state index contributed by atoms with van der Waals surface area (Å²) in [5.41, 5.74) is 6.01. The van der Waals surface area contributed by atoms with Crippen molar-refractivity contribution < 1.29 is 14.5 Å². The zero-order valence-corrected chi connectivity index (χ0v) is 12.1. The molecule has 0 saturated carbocycles. The smallest absolute Gasteiger partial charge is 0.270 e. The number of nitrogens with zero attached hydrogens (tertiary/aromatic N) is 1. The highest BCUT2D eigenvalue weighted by Gasteiger charge is 2.12. The van der Waals surface area contributed by atoms with E-state index in [0.717, 1.165) is 0 Å². The molecule has 112 valence electrons. The van der Waals surface area contributed by atoms with E-state index in [1.165, 1.54) is 25.3 Å². The quantitative estimate of drug-likeness (QED) is 0.609. The Morgan fingerprint density at radius 1 is 1.55 bits per heavy atom. The maximum atomic E-state index is 11.5. The summed E-state index contributed by atoms with van der Waals surface area (Å²) >= 11 is 0. The molecule has 0 aliphatic carbocycles. The molecule has 1 rings (SSSR count). The predicted molar refractivity (Wildman–Crippen MR) is 77.0 cm³/mol. The maximum absolute atomic E-state index is 11.5. The molecule has 3 N–H and O–H groups in total. The first-order chi connectivity index (χ1) is 8.93. The number of carbonyl (C=O) groups excluding carboxylic acids is 1. The van der Waals surface area contributed by atoms with Crippen molar-refractivity contribution >= 4 is 24.0 Å². The number of nitrogens with one attached hydrogen (secondary N) is 1. The Hall–Kier alpha value is -1.86. The van der Waals surface area contributed by atoms with Crippen molar-refractivity contribution in [3.63, 3.8) is 0 Å². The molecule has 0 bridgehead atoms. The molecule has 0 aliphatic rings. The molecule has 1 atom stereocenters. The number of nitro groups is 1. The van der Waals surface area contributed by atoms with Gasteiger partial charge < -0.3 is 15.8 Å². The Labute approximate surface area is 123 Å². The van der Waals surface area contributed by atoms with Crippen LogP contribution in [-0.4, -0.2) is 24.0 Å². The van der Waals surface area contributed by atoms with Crippen LogP contribution in [0, 0.1) is 10.1 Å². The Balaban J connectivity index is 0.00000361. The van der Waals surface area contributed by atoms with E-state index in [1.54, 1.807) is 6.92 Å². The van der Waals surface area contributed by atoms with E-state index in [0.29, 0.717) is 11.3 Å². The number of methoxy groups -OCH3 is 1. The van der Waals surface area contributed by atoms with Gasteiger partial charge in [-0.1, -0.05) is 0 Å². The molecule has 0 fully saturated rings. The van der Waals surface area contributed by atoms with Crippen molar-refractivity contribution in [3.05, 3.63) is 33.9 Å². The van der Waals surface area contributed by atoms with Crippen LogP contribution in [0.25, 0.3) is 0 Å². The molecular formula is C12H18ClN3O4. The van der Waals surface area contributed by atoms with Crippen molar-refractivity contribution in [1.29, 1.82) is 0 Å². The molecule has 1 aromatic rings. The second-order valence-corrected chi connectivity index (χ2v) is 4.21. The van der Waals surface area contributed by atoms with Gasteiger partial charge in [0, 0.05) is 36.7 Å². The number of benzene rings is 1. The molecule has 0 aromatic heterocycles. The summed E-state index contributed by atoms with van der Waals surface area (Å²) in [5.74, 6) is 0.287. The summed E-state index contributed by atoms with van der Waals surface area (Å²) in [6.07, 6.45) is 0.206. The van der Waals surface area contributed by atoms with E-state index in [2.05, 4.69) is 5.32 Å². The summed E-state index contributed by atoms with van der Waals surface area (Å²) in [5, 5.41) is 13.3. The third-order valence-electron chi connectivity index (χ3n) is 2.46. The third-order valence-corrected chi connectivity index (χ3v) is 2.46. The van der Waals surface area contributed by atoms with E-state index in [4.69, 9.17) is 10.5 Å². The van der Waals surface area contributed by atoms with Crippen LogP contribution in [-0.2, 0) is 11.3 Å². The number of rotatable bonds is 6. The first-order valence-electron chi connectivity index (χ1n) is 5.77. The molecule has 8 heteroatoms. The predicted octanol–water partition coefficient (Wildman–Crippen LogP) is 1.38. The van der Waals surface area contributed by atoms with Gasteiger partial charge in [0.2, 0.25) is 5.91 Å². The zero-order chi connectivity index (χ0) is 14.4. The molecule has 1 amide bonds. The monoisotopic (exact) mass is 303 g/mol. The van der Waals surface area contributed by atoms with Gasteiger partial charge in [-0.3, -0.25) is 14.9 Å². The fraction of sp³-hybridized carbons (Fsp3) is 0.417. The average Bonchev–Trinajstić information content (AvgIpc) is 2.35. The number of nitrogens with two attached hydrogens (primary N) is 1. The van der Waals surface area contributed by atoms with Crippen molar-refractivity contribution in [2.75, 3.05) is 7.11 Å². The number of halogens is 1. The minimum atomic E-state index is -0.493. The van der Waals surface area contributed by atoms with Crippen LogP contribution in [0.5, 0.6) is 5.75 Å². The van der Waals surface area contributed by atoms with Gasteiger partial charge >= 0.3 is 0 Å². The standard InChI is InChI=1S/C12H17N3O4.ClH/c1-8(13)5-12(16)14-7-9-6-10(15(17)18)3-4-11(9)19-2;/h3-4,6,8H,5,7,13H2,1-2H3,(H,14,16);1H. The van der Waals surface area contributed by atoms with E-state index in [9.17, 15) is 14.9 Å². The van der Waals surface area contributed by atoms with Crippen molar-refractivity contribution in [2.24, 2.45) is 5.73 Å². The van der Waals surface area contributed by atoms with Crippen LogP contribution in [0.3, 0.4) is 0 Å². The maximum Gasteiger partial charge on any atom is 0.270 e. The van der Waals surface area contributed by atoms with Gasteiger partial charge in [-0.05, 0) is 13.0 Å². The van der Waals surface area contributed by atoms with Crippen LogP contribution in [0.15, 0.2) is 18.2 Å². The van der Waals surface area contributed by atoms with Gasteiger partial charge in [0.05, 0.1) is 12.0 Å². The number of non-ortho nitro benzene ring substituents is 1. The summed E-state index contributed by atoms with van der Waals surface area (Å²) in [6.45, 7) is 1.89. The van der Waals surface area contributed by atoms with Crippen molar-refractivity contribution in [3.8, 4) is 5.75 Å². The van der Waals surface area contributed by atoms with Crippen LogP contribution in [0.1, 0.15) is 18.9 Å². The molecule has 1 unspecified atom stereocenters. The van der Waals surface area contributed by atoms with Crippen LogP contribution < -0.4 is 15.8 Å². The summed E-state index contributed by atoms with van der Waals surface area (Å²) < 4.78 is 5.09. The molecule has 0 spiro atoms. The fourth-order valence-electron chi connectivity index (χ4n) is 1.58. The first-order valence-corrected chi connectivity index (χ1v) is 5.77. The highest BCUT2D eigenvalue weighted by molar-refractivity contribution is 5.85. The molecular weight excluding hydrogens is 286 g/mol. The fourth-order valence-corrected chi connectivity index (χ4v) is 1.58. The molecule has 0 radical (unpaired) electrons. The van der Waals surface area contributed by atoms with Gasteiger partial charge in [0.1, 0.15) is 5.75 Å². The molecule has 0 saturated heterocycles. The Bertz CT molecular complexity index is 480. The Morgan fingerprint density at radius 2 is 2.20 bits per heavy atom. The lowest BCUT2D eigenvalue weighted by Crippen LogP contribution is -2.29. The van der Waals surface area contributed by atoms with E-state index >= 15 is 0 Å². The number of ether oxygens (including phenoxy) is 1. The van der Waals surface area contributed by atoms with E-state index < -0.39 is 4.92 Å². The second kappa shape index (κ2) is 8.34. The van der Waals surface area contributed by atoms with E-state index in [-0.39, 0.29) is 43.0 Å². The molecule has 0 aliphatic heterocycles. The minimum Gasteiger partial charge on any atom is -0.496 e. The minimum absolute atomic E-state index is 0. The summed E-state index contributed by atoms with van der Waals surface area (Å²) in [6, 6.07) is 4.01. The number of nitro benzene ring substituents is 1. The Kier molecular flexibility index (Phi) is 7.56. The van der Waals surface area contributed by atoms with Crippen LogP contribution in [0.4, 0.5) is 5.69 Å². The third kappa shape index (κ3) is 5.41. The van der Waals surface area contributed by atoms with Crippen LogP contribution >= 0.6 is 12.4 Å². The summed E-state index contributed by atoms with van der Waals surface area (Å²) in [4.78, 5) is 21.7. The van der Waals surface area contributed by atoms with Gasteiger partial charge in [-0.15, -0.1) is 12.4 Å². The highest BCUT2D eigenvalue weighted by Crippen LogP contribution is 2.23. The highest BCUT2D eigenvalue weighted by atomic mass is 35.5. The molecule has 7 nitrogen and oxygen atoms in total. The second-order valence-electron chi connectivity index (χ2n) is 4.21. The van der Waals surface area contributed by atoms with Crippen LogP contribution in [0.2, 0.25) is 0 Å². The van der Waals surface area contributed by atoms with Gasteiger partial charge in [0.25, 0.3) is 5.69 Å². The lowest BCUT2D eigenvalue weighted by atomic mass is 10.1. The van der Waals surface area contributed by atoms with Gasteiger partial charge in [-0.25, -0.2) is 0 Å². The van der Waals surface area contributed by atoms with Gasteiger partial charge in [0.15, 0.2) is 0 Å². The molecule has 20 heavy (non-hydrogen) atoms. The lowest BCUT2D eigenvalue weighted by Gasteiger charge is -2.10. The summed E-state index contributed by atoms with van der Waals surface area (Å²) in [7, 11) is 1.47. The number of amides is 1. The normalized spacial score (nSPS) is 11.2. The lowest BCUT2D eigenvalue weighted by molar-refractivity contribution is -0.384. The Morgan fingerprint density at radius 3 is 2.70 bits per heavy atom. The number of carbonyl (C=O) groups is 1. The number of hydrogen-bond donors (Lipinski definition) is 2. The van der Waals surface area contributed by atoms with Crippen molar-refractivity contribution in [2.45, 2.75) is 25.9 Å². The first kappa shape index (κ1) is 18.1. The zero-order valence-electron chi connectivity index (χ0n) is 11.3. The van der Waals surface area contributed by atoms with Crippen molar-refractivity contribution in [1.82, 2.24) is 5.32 Å². The average molecular weight is 304 g/mol.